The van der Waals surface area contributed by atoms with Crippen LogP contribution in [-0.2, 0) is 9.53 Å². The molecular formula is C13H25N3O2. The van der Waals surface area contributed by atoms with E-state index in [1.54, 1.807) is 0 Å². The van der Waals surface area contributed by atoms with Crippen LogP contribution in [0.2, 0.25) is 0 Å². The van der Waals surface area contributed by atoms with Crippen LogP contribution in [0.25, 0.3) is 0 Å². The molecule has 2 rings (SSSR count). The maximum atomic E-state index is 12.2. The van der Waals surface area contributed by atoms with Gasteiger partial charge in [0.2, 0.25) is 5.91 Å². The summed E-state index contributed by atoms with van der Waals surface area (Å²) in [4.78, 5) is 16.6. The van der Waals surface area contributed by atoms with Crippen LogP contribution >= 0.6 is 0 Å². The van der Waals surface area contributed by atoms with Crippen LogP contribution in [0, 0.1) is 11.8 Å². The molecule has 2 N–H and O–H groups in total. The van der Waals surface area contributed by atoms with E-state index < -0.39 is 0 Å². The fourth-order valence-corrected chi connectivity index (χ4v) is 2.93. The van der Waals surface area contributed by atoms with Gasteiger partial charge in [0.05, 0.1) is 13.2 Å². The Bertz CT molecular complexity index is 292. The van der Waals surface area contributed by atoms with E-state index in [2.05, 4.69) is 11.8 Å². The van der Waals surface area contributed by atoms with Gasteiger partial charge in [-0.05, 0) is 5.92 Å². The maximum absolute atomic E-state index is 12.2. The number of carbonyl (C=O) groups excluding carboxylic acids is 1. The molecule has 5 heteroatoms. The van der Waals surface area contributed by atoms with Crippen molar-refractivity contribution >= 4 is 5.91 Å². The Morgan fingerprint density at radius 3 is 2.67 bits per heavy atom. The van der Waals surface area contributed by atoms with Gasteiger partial charge in [-0.25, -0.2) is 0 Å². The van der Waals surface area contributed by atoms with Crippen LogP contribution in [0.4, 0.5) is 0 Å². The summed E-state index contributed by atoms with van der Waals surface area (Å²) in [6.45, 7) is 9.91. The summed E-state index contributed by atoms with van der Waals surface area (Å²) in [7, 11) is 0. The van der Waals surface area contributed by atoms with E-state index in [-0.39, 0.29) is 11.8 Å². The third-order valence-corrected chi connectivity index (χ3v) is 4.17. The number of rotatable bonds is 3. The average Bonchev–Trinajstić information content (AvgIpc) is 2.80. The molecule has 0 bridgehead atoms. The van der Waals surface area contributed by atoms with Gasteiger partial charge >= 0.3 is 0 Å². The lowest BCUT2D eigenvalue weighted by Gasteiger charge is -2.34. The van der Waals surface area contributed by atoms with E-state index in [1.807, 2.05) is 11.8 Å². The summed E-state index contributed by atoms with van der Waals surface area (Å²) >= 11 is 0. The van der Waals surface area contributed by atoms with Crippen LogP contribution < -0.4 is 5.73 Å². The SMILES string of the molecule is CC(CN)C(=O)N1CC(C)C(N2CCOCC2)C1. The summed E-state index contributed by atoms with van der Waals surface area (Å²) < 4.78 is 5.39. The summed E-state index contributed by atoms with van der Waals surface area (Å²) in [5.41, 5.74) is 5.58. The first-order valence-corrected chi connectivity index (χ1v) is 6.94. The number of ether oxygens (including phenoxy) is 1. The van der Waals surface area contributed by atoms with Crippen molar-refractivity contribution in [1.29, 1.82) is 0 Å². The first kappa shape index (κ1) is 13.8. The van der Waals surface area contributed by atoms with E-state index in [4.69, 9.17) is 10.5 Å². The number of amides is 1. The van der Waals surface area contributed by atoms with Crippen molar-refractivity contribution in [2.24, 2.45) is 17.6 Å². The number of hydrogen-bond donors (Lipinski definition) is 1. The van der Waals surface area contributed by atoms with Crippen molar-refractivity contribution in [2.45, 2.75) is 19.9 Å². The molecule has 2 aliphatic rings. The van der Waals surface area contributed by atoms with Gasteiger partial charge in [0, 0.05) is 44.7 Å². The molecule has 2 fully saturated rings. The average molecular weight is 255 g/mol. The van der Waals surface area contributed by atoms with Gasteiger partial charge in [0.25, 0.3) is 0 Å². The number of hydrogen-bond acceptors (Lipinski definition) is 4. The molecule has 0 saturated carbocycles. The van der Waals surface area contributed by atoms with E-state index in [9.17, 15) is 4.79 Å². The number of nitrogens with two attached hydrogens (primary N) is 1. The third kappa shape index (κ3) is 2.84. The number of nitrogens with zero attached hydrogens (tertiary/aromatic N) is 2. The second-order valence-corrected chi connectivity index (χ2v) is 5.57. The van der Waals surface area contributed by atoms with Crippen LogP contribution in [-0.4, -0.2) is 67.7 Å². The minimum atomic E-state index is -0.0550. The Morgan fingerprint density at radius 1 is 1.39 bits per heavy atom. The molecule has 2 aliphatic heterocycles. The van der Waals surface area contributed by atoms with Gasteiger partial charge in [-0.3, -0.25) is 9.69 Å². The Kier molecular flexibility index (Phi) is 4.59. The summed E-state index contributed by atoms with van der Waals surface area (Å²) in [6.07, 6.45) is 0. The lowest BCUT2D eigenvalue weighted by Crippen LogP contribution is -2.47. The molecule has 0 aromatic rings. The van der Waals surface area contributed by atoms with Crippen molar-refractivity contribution in [3.8, 4) is 0 Å². The van der Waals surface area contributed by atoms with Gasteiger partial charge in [0.15, 0.2) is 0 Å². The zero-order valence-electron chi connectivity index (χ0n) is 11.5. The lowest BCUT2D eigenvalue weighted by atomic mass is 10.0. The maximum Gasteiger partial charge on any atom is 0.226 e. The lowest BCUT2D eigenvalue weighted by molar-refractivity contribution is -0.133. The van der Waals surface area contributed by atoms with Crippen LogP contribution in [0.1, 0.15) is 13.8 Å². The molecule has 2 heterocycles. The standard InChI is InChI=1S/C13H25N3O2/c1-10(7-14)13(17)16-8-11(2)12(9-16)15-3-5-18-6-4-15/h10-12H,3-9,14H2,1-2H3. The Morgan fingerprint density at radius 2 is 2.06 bits per heavy atom. The van der Waals surface area contributed by atoms with Crippen molar-refractivity contribution < 1.29 is 9.53 Å². The molecule has 18 heavy (non-hydrogen) atoms. The Hall–Kier alpha value is -0.650. The predicted octanol–water partition coefficient (Wildman–Crippen LogP) is -0.240. The summed E-state index contributed by atoms with van der Waals surface area (Å²) in [6, 6.07) is 0.489. The van der Waals surface area contributed by atoms with Crippen molar-refractivity contribution in [3.63, 3.8) is 0 Å². The number of carbonyl (C=O) groups is 1. The van der Waals surface area contributed by atoms with E-state index in [0.717, 1.165) is 39.4 Å². The highest BCUT2D eigenvalue weighted by atomic mass is 16.5. The molecule has 3 atom stereocenters. The van der Waals surface area contributed by atoms with Crippen LogP contribution in [0.5, 0.6) is 0 Å². The molecule has 0 spiro atoms. The van der Waals surface area contributed by atoms with Gasteiger partial charge in [-0.2, -0.15) is 0 Å². The van der Waals surface area contributed by atoms with Crippen molar-refractivity contribution in [1.82, 2.24) is 9.80 Å². The predicted molar refractivity (Wildman–Crippen MR) is 70.1 cm³/mol. The molecule has 0 radical (unpaired) electrons. The van der Waals surface area contributed by atoms with E-state index >= 15 is 0 Å². The molecular weight excluding hydrogens is 230 g/mol. The number of likely N-dealkylation sites (tertiary alicyclic amines) is 1. The summed E-state index contributed by atoms with van der Waals surface area (Å²) in [5.74, 6) is 0.692. The molecule has 0 aromatic carbocycles. The molecule has 104 valence electrons. The van der Waals surface area contributed by atoms with Crippen LogP contribution in [0.15, 0.2) is 0 Å². The monoisotopic (exact) mass is 255 g/mol. The van der Waals surface area contributed by atoms with Crippen molar-refractivity contribution in [2.75, 3.05) is 45.9 Å². The molecule has 5 nitrogen and oxygen atoms in total. The summed E-state index contributed by atoms with van der Waals surface area (Å²) in [5, 5.41) is 0. The van der Waals surface area contributed by atoms with E-state index in [1.165, 1.54) is 0 Å². The quantitative estimate of drug-likeness (QED) is 0.756. The van der Waals surface area contributed by atoms with Gasteiger partial charge in [-0.15, -0.1) is 0 Å². The smallest absolute Gasteiger partial charge is 0.226 e. The Balaban J connectivity index is 1.93. The molecule has 1 amide bonds. The highest BCUT2D eigenvalue weighted by Gasteiger charge is 2.37. The van der Waals surface area contributed by atoms with Crippen LogP contribution in [0.3, 0.4) is 0 Å². The first-order valence-electron chi connectivity index (χ1n) is 6.94. The van der Waals surface area contributed by atoms with Gasteiger partial charge in [0.1, 0.15) is 0 Å². The first-order chi connectivity index (χ1) is 8.63. The fraction of sp³-hybridized carbons (Fsp3) is 0.923. The van der Waals surface area contributed by atoms with Crippen molar-refractivity contribution in [3.05, 3.63) is 0 Å². The second-order valence-electron chi connectivity index (χ2n) is 5.57. The largest absolute Gasteiger partial charge is 0.379 e. The molecule has 3 unspecified atom stereocenters. The highest BCUT2D eigenvalue weighted by molar-refractivity contribution is 5.79. The van der Waals surface area contributed by atoms with E-state index in [0.29, 0.717) is 18.5 Å². The zero-order chi connectivity index (χ0) is 13.1. The third-order valence-electron chi connectivity index (χ3n) is 4.17. The Labute approximate surface area is 109 Å². The second kappa shape index (κ2) is 5.99. The van der Waals surface area contributed by atoms with Gasteiger partial charge < -0.3 is 15.4 Å². The fourth-order valence-electron chi connectivity index (χ4n) is 2.93. The minimum Gasteiger partial charge on any atom is -0.379 e. The zero-order valence-corrected chi connectivity index (χ0v) is 11.5. The van der Waals surface area contributed by atoms with Gasteiger partial charge in [-0.1, -0.05) is 13.8 Å². The topological polar surface area (TPSA) is 58.8 Å². The highest BCUT2D eigenvalue weighted by Crippen LogP contribution is 2.23. The molecule has 2 saturated heterocycles. The molecule has 0 aliphatic carbocycles. The normalized spacial score (nSPS) is 31.6. The molecule has 0 aromatic heterocycles. The number of morpholine rings is 1. The minimum absolute atomic E-state index is 0.0550.